The average Bonchev–Trinajstić information content (AvgIpc) is 2.31. The molecule has 1 rings (SSSR count). The fraction of sp³-hybridized carbons (Fsp3) is 0.857. The molecule has 0 aromatic heterocycles. The molecule has 4 N–H and O–H groups in total. The average molecular weight is 306 g/mol. The van der Waals surface area contributed by atoms with Crippen molar-refractivity contribution in [2.45, 2.75) is 64.5 Å². The maximum Gasteiger partial charge on any atom is 0.221 e. The van der Waals surface area contributed by atoms with Crippen LogP contribution >= 0.6 is 12.4 Å². The van der Waals surface area contributed by atoms with Crippen molar-refractivity contribution in [2.24, 2.45) is 11.7 Å². The number of halogens is 1. The van der Waals surface area contributed by atoms with Crippen LogP contribution in [0.5, 0.6) is 0 Å². The van der Waals surface area contributed by atoms with E-state index in [4.69, 9.17) is 5.73 Å². The van der Waals surface area contributed by atoms with E-state index in [2.05, 4.69) is 10.6 Å². The second-order valence-electron chi connectivity index (χ2n) is 5.88. The van der Waals surface area contributed by atoms with Crippen LogP contribution in [0.2, 0.25) is 0 Å². The minimum atomic E-state index is 0. The molecule has 0 bridgehead atoms. The molecule has 0 heterocycles. The van der Waals surface area contributed by atoms with Gasteiger partial charge in [-0.1, -0.05) is 13.8 Å². The smallest absolute Gasteiger partial charge is 0.221 e. The highest BCUT2D eigenvalue weighted by atomic mass is 35.5. The van der Waals surface area contributed by atoms with Crippen molar-refractivity contribution >= 4 is 24.2 Å². The predicted octanol–water partition coefficient (Wildman–Crippen LogP) is 1.35. The van der Waals surface area contributed by atoms with Gasteiger partial charge < -0.3 is 16.4 Å². The Morgan fingerprint density at radius 2 is 1.75 bits per heavy atom. The van der Waals surface area contributed by atoms with Crippen LogP contribution in [0.1, 0.15) is 52.4 Å². The van der Waals surface area contributed by atoms with Gasteiger partial charge in [-0.05, 0) is 31.6 Å². The minimum Gasteiger partial charge on any atom is -0.356 e. The summed E-state index contributed by atoms with van der Waals surface area (Å²) < 4.78 is 0. The van der Waals surface area contributed by atoms with Gasteiger partial charge in [-0.3, -0.25) is 9.59 Å². The Morgan fingerprint density at radius 3 is 2.30 bits per heavy atom. The van der Waals surface area contributed by atoms with Crippen LogP contribution in [-0.4, -0.2) is 30.4 Å². The van der Waals surface area contributed by atoms with Crippen LogP contribution in [0.25, 0.3) is 0 Å². The van der Waals surface area contributed by atoms with Crippen LogP contribution in [0.4, 0.5) is 0 Å². The summed E-state index contributed by atoms with van der Waals surface area (Å²) in [6.45, 7) is 4.42. The highest BCUT2D eigenvalue weighted by Crippen LogP contribution is 2.16. The zero-order valence-electron chi connectivity index (χ0n) is 12.5. The standard InChI is InChI=1S/C14H27N3O2.ClH/c1-10(2)9-14(19)16-8-7-13(18)17-12-5-3-11(15)4-6-12;/h10-12H,3-9,15H2,1-2H3,(H,16,19)(H,17,18);1H. The molecule has 1 saturated carbocycles. The highest BCUT2D eigenvalue weighted by molar-refractivity contribution is 5.85. The number of nitrogens with two attached hydrogens (primary N) is 1. The first-order valence-corrected chi connectivity index (χ1v) is 7.29. The monoisotopic (exact) mass is 305 g/mol. The van der Waals surface area contributed by atoms with E-state index >= 15 is 0 Å². The van der Waals surface area contributed by atoms with Gasteiger partial charge in [0.1, 0.15) is 0 Å². The van der Waals surface area contributed by atoms with Crippen LogP contribution in [-0.2, 0) is 9.59 Å². The van der Waals surface area contributed by atoms with E-state index in [1.807, 2.05) is 13.8 Å². The first-order valence-electron chi connectivity index (χ1n) is 7.29. The van der Waals surface area contributed by atoms with Crippen molar-refractivity contribution in [3.05, 3.63) is 0 Å². The van der Waals surface area contributed by atoms with Gasteiger partial charge in [0.25, 0.3) is 0 Å². The maximum atomic E-state index is 11.7. The van der Waals surface area contributed by atoms with Gasteiger partial charge in [0, 0.05) is 31.5 Å². The number of hydrogen-bond acceptors (Lipinski definition) is 3. The van der Waals surface area contributed by atoms with Crippen LogP contribution < -0.4 is 16.4 Å². The van der Waals surface area contributed by atoms with Gasteiger partial charge in [0.05, 0.1) is 0 Å². The molecule has 1 fully saturated rings. The zero-order valence-corrected chi connectivity index (χ0v) is 13.3. The molecule has 5 nitrogen and oxygen atoms in total. The summed E-state index contributed by atoms with van der Waals surface area (Å²) >= 11 is 0. The van der Waals surface area contributed by atoms with Crippen molar-refractivity contribution in [3.63, 3.8) is 0 Å². The SMILES string of the molecule is CC(C)CC(=O)NCCC(=O)NC1CCC(N)CC1.Cl. The lowest BCUT2D eigenvalue weighted by Gasteiger charge is -2.26. The number of nitrogens with one attached hydrogen (secondary N) is 2. The number of hydrogen-bond donors (Lipinski definition) is 3. The fourth-order valence-corrected chi connectivity index (χ4v) is 2.32. The third kappa shape index (κ3) is 8.38. The van der Waals surface area contributed by atoms with Gasteiger partial charge in [-0.2, -0.15) is 0 Å². The van der Waals surface area contributed by atoms with E-state index in [0.29, 0.717) is 31.3 Å². The summed E-state index contributed by atoms with van der Waals surface area (Å²) in [6.07, 6.45) is 4.76. The molecule has 0 saturated heterocycles. The molecular formula is C14H28ClN3O2. The first kappa shape index (κ1) is 19.2. The molecule has 0 atom stereocenters. The summed E-state index contributed by atoms with van der Waals surface area (Å²) in [5.41, 5.74) is 5.82. The van der Waals surface area contributed by atoms with Gasteiger partial charge in [0.2, 0.25) is 11.8 Å². The van der Waals surface area contributed by atoms with Crippen molar-refractivity contribution in [3.8, 4) is 0 Å². The fourth-order valence-electron chi connectivity index (χ4n) is 2.32. The third-order valence-electron chi connectivity index (χ3n) is 3.40. The largest absolute Gasteiger partial charge is 0.356 e. The quantitative estimate of drug-likeness (QED) is 0.692. The van der Waals surface area contributed by atoms with Gasteiger partial charge in [-0.15, -0.1) is 12.4 Å². The normalized spacial score (nSPS) is 22.0. The summed E-state index contributed by atoms with van der Waals surface area (Å²) in [6, 6.07) is 0.558. The second kappa shape index (κ2) is 10.00. The summed E-state index contributed by atoms with van der Waals surface area (Å²) in [7, 11) is 0. The van der Waals surface area contributed by atoms with E-state index in [1.54, 1.807) is 0 Å². The molecule has 0 aromatic rings. The van der Waals surface area contributed by atoms with E-state index in [-0.39, 0.29) is 30.3 Å². The van der Waals surface area contributed by atoms with E-state index in [0.717, 1.165) is 25.7 Å². The minimum absolute atomic E-state index is 0. The number of carbonyl (C=O) groups excluding carboxylic acids is 2. The van der Waals surface area contributed by atoms with Gasteiger partial charge in [0.15, 0.2) is 0 Å². The van der Waals surface area contributed by atoms with E-state index in [1.165, 1.54) is 0 Å². The summed E-state index contributed by atoms with van der Waals surface area (Å²) in [5.74, 6) is 0.386. The van der Waals surface area contributed by atoms with Gasteiger partial charge >= 0.3 is 0 Å². The summed E-state index contributed by atoms with van der Waals surface area (Å²) in [5, 5.41) is 5.78. The molecule has 118 valence electrons. The molecule has 1 aliphatic rings. The van der Waals surface area contributed by atoms with E-state index in [9.17, 15) is 9.59 Å². The Kier molecular flexibility index (Phi) is 9.59. The molecule has 1 aliphatic carbocycles. The Bertz CT molecular complexity index is 303. The van der Waals surface area contributed by atoms with Crippen LogP contribution in [0.3, 0.4) is 0 Å². The molecule has 0 unspecified atom stereocenters. The Hall–Kier alpha value is -0.810. The highest BCUT2D eigenvalue weighted by Gasteiger charge is 2.19. The van der Waals surface area contributed by atoms with Crippen molar-refractivity contribution in [2.75, 3.05) is 6.54 Å². The molecule has 2 amide bonds. The van der Waals surface area contributed by atoms with Crippen molar-refractivity contribution in [1.82, 2.24) is 10.6 Å². The molecule has 0 aromatic carbocycles. The Balaban J connectivity index is 0.00000361. The van der Waals surface area contributed by atoms with Gasteiger partial charge in [-0.25, -0.2) is 0 Å². The van der Waals surface area contributed by atoms with Crippen LogP contribution in [0, 0.1) is 5.92 Å². The lowest BCUT2D eigenvalue weighted by atomic mass is 9.92. The second-order valence-corrected chi connectivity index (χ2v) is 5.88. The Morgan fingerprint density at radius 1 is 1.15 bits per heavy atom. The molecule has 0 radical (unpaired) electrons. The number of amides is 2. The number of carbonyl (C=O) groups is 2. The number of rotatable bonds is 6. The molecular weight excluding hydrogens is 278 g/mol. The van der Waals surface area contributed by atoms with Crippen molar-refractivity contribution < 1.29 is 9.59 Å². The lowest BCUT2D eigenvalue weighted by Crippen LogP contribution is -2.41. The molecule has 20 heavy (non-hydrogen) atoms. The van der Waals surface area contributed by atoms with Crippen molar-refractivity contribution in [1.29, 1.82) is 0 Å². The van der Waals surface area contributed by atoms with E-state index < -0.39 is 0 Å². The molecule has 0 aliphatic heterocycles. The maximum absolute atomic E-state index is 11.7. The predicted molar refractivity (Wildman–Crippen MR) is 82.7 cm³/mol. The zero-order chi connectivity index (χ0) is 14.3. The third-order valence-corrected chi connectivity index (χ3v) is 3.40. The lowest BCUT2D eigenvalue weighted by molar-refractivity contribution is -0.123. The van der Waals surface area contributed by atoms with Crippen LogP contribution in [0.15, 0.2) is 0 Å². The Labute approximate surface area is 127 Å². The molecule has 0 spiro atoms. The summed E-state index contributed by atoms with van der Waals surface area (Å²) in [4.78, 5) is 23.1. The first-order chi connectivity index (χ1) is 8.97. The molecule has 6 heteroatoms. The topological polar surface area (TPSA) is 84.2 Å².